The van der Waals surface area contributed by atoms with Crippen molar-refractivity contribution in [2.75, 3.05) is 0 Å². The van der Waals surface area contributed by atoms with Crippen molar-refractivity contribution in [3.63, 3.8) is 0 Å². The highest BCUT2D eigenvalue weighted by atomic mass is 79.9. The van der Waals surface area contributed by atoms with Crippen molar-refractivity contribution in [1.82, 2.24) is 0 Å². The van der Waals surface area contributed by atoms with E-state index in [0.717, 1.165) is 21.0 Å². The summed E-state index contributed by atoms with van der Waals surface area (Å²) in [7, 11) is 0. The van der Waals surface area contributed by atoms with Gasteiger partial charge in [-0.15, -0.1) is 11.3 Å². The third-order valence-electron chi connectivity index (χ3n) is 3.96. The Balaban J connectivity index is 2.13. The molecule has 0 radical (unpaired) electrons. The molecular formula is C18H9BrOS. The molecular weight excluding hydrogens is 344 g/mol. The average Bonchev–Trinajstić information content (AvgIpc) is 3.05. The van der Waals surface area contributed by atoms with Crippen LogP contribution in [0.25, 0.3) is 42.1 Å². The average molecular weight is 353 g/mol. The molecule has 2 heterocycles. The van der Waals surface area contributed by atoms with Crippen LogP contribution in [0.4, 0.5) is 0 Å². The molecule has 0 saturated carbocycles. The minimum atomic E-state index is 0.926. The molecule has 100 valence electrons. The lowest BCUT2D eigenvalue weighted by atomic mass is 10.1. The van der Waals surface area contributed by atoms with Gasteiger partial charge >= 0.3 is 0 Å². The molecule has 0 aliphatic carbocycles. The number of benzene rings is 3. The second-order valence-corrected chi connectivity index (χ2v) is 7.07. The second kappa shape index (κ2) is 4.09. The molecule has 5 aromatic rings. The molecule has 3 aromatic carbocycles. The van der Waals surface area contributed by atoms with E-state index in [0.29, 0.717) is 0 Å². The Morgan fingerprint density at radius 3 is 2.48 bits per heavy atom. The van der Waals surface area contributed by atoms with Crippen molar-refractivity contribution in [2.45, 2.75) is 0 Å². The molecule has 0 atom stereocenters. The highest BCUT2D eigenvalue weighted by molar-refractivity contribution is 9.10. The van der Waals surface area contributed by atoms with Crippen LogP contribution in [0.1, 0.15) is 0 Å². The fourth-order valence-electron chi connectivity index (χ4n) is 3.03. The molecule has 0 fully saturated rings. The zero-order chi connectivity index (χ0) is 14.0. The zero-order valence-electron chi connectivity index (χ0n) is 10.9. The maximum atomic E-state index is 6.22. The van der Waals surface area contributed by atoms with Crippen molar-refractivity contribution in [3.05, 3.63) is 59.1 Å². The van der Waals surface area contributed by atoms with Gasteiger partial charge in [0.25, 0.3) is 0 Å². The number of rotatable bonds is 0. The minimum absolute atomic E-state index is 0.926. The summed E-state index contributed by atoms with van der Waals surface area (Å²) in [4.78, 5) is 0. The van der Waals surface area contributed by atoms with Crippen LogP contribution in [0.5, 0.6) is 0 Å². The highest BCUT2D eigenvalue weighted by Gasteiger charge is 2.15. The number of hydrogen-bond acceptors (Lipinski definition) is 2. The maximum Gasteiger partial charge on any atom is 0.149 e. The van der Waals surface area contributed by atoms with Gasteiger partial charge in [-0.05, 0) is 40.2 Å². The first kappa shape index (κ1) is 11.8. The maximum absolute atomic E-state index is 6.22. The summed E-state index contributed by atoms with van der Waals surface area (Å²) in [6, 6.07) is 19.1. The van der Waals surface area contributed by atoms with Crippen LogP contribution in [0.2, 0.25) is 0 Å². The lowest BCUT2D eigenvalue weighted by Gasteiger charge is -1.93. The largest absolute Gasteiger partial charge is 0.454 e. The van der Waals surface area contributed by atoms with E-state index in [1.807, 2.05) is 17.4 Å². The second-order valence-electron chi connectivity index (χ2n) is 5.13. The van der Waals surface area contributed by atoms with Gasteiger partial charge in [0.05, 0.1) is 4.47 Å². The zero-order valence-corrected chi connectivity index (χ0v) is 13.3. The molecule has 0 amide bonds. The summed E-state index contributed by atoms with van der Waals surface area (Å²) in [5.41, 5.74) is 1.92. The molecule has 0 spiro atoms. The SMILES string of the molecule is Brc1cccc2c1oc1c2ccc2sc3ccccc3c21. The quantitative estimate of drug-likeness (QED) is 0.301. The molecule has 0 bridgehead atoms. The fourth-order valence-corrected chi connectivity index (χ4v) is 4.58. The summed E-state index contributed by atoms with van der Waals surface area (Å²) >= 11 is 5.41. The van der Waals surface area contributed by atoms with Crippen molar-refractivity contribution in [3.8, 4) is 0 Å². The number of thiophene rings is 1. The lowest BCUT2D eigenvalue weighted by Crippen LogP contribution is -1.69. The van der Waals surface area contributed by atoms with Crippen LogP contribution in [0, 0.1) is 0 Å². The molecule has 2 aromatic heterocycles. The third kappa shape index (κ3) is 1.50. The van der Waals surface area contributed by atoms with E-state index < -0.39 is 0 Å². The van der Waals surface area contributed by atoms with Gasteiger partial charge in [0, 0.05) is 30.9 Å². The highest BCUT2D eigenvalue weighted by Crippen LogP contribution is 2.42. The van der Waals surface area contributed by atoms with Gasteiger partial charge < -0.3 is 4.42 Å². The van der Waals surface area contributed by atoms with Crippen LogP contribution in [-0.4, -0.2) is 0 Å². The van der Waals surface area contributed by atoms with E-state index in [9.17, 15) is 0 Å². The van der Waals surface area contributed by atoms with E-state index in [-0.39, 0.29) is 0 Å². The van der Waals surface area contributed by atoms with Gasteiger partial charge in [0.2, 0.25) is 0 Å². The lowest BCUT2D eigenvalue weighted by molar-refractivity contribution is 0.671. The normalized spacial score (nSPS) is 12.0. The smallest absolute Gasteiger partial charge is 0.149 e. The number of fused-ring (bicyclic) bond motifs is 7. The summed E-state index contributed by atoms with van der Waals surface area (Å²) in [5, 5.41) is 4.85. The number of halogens is 1. The Hall–Kier alpha value is -1.84. The van der Waals surface area contributed by atoms with E-state index in [4.69, 9.17) is 4.42 Å². The van der Waals surface area contributed by atoms with E-state index in [2.05, 4.69) is 64.5 Å². The first-order chi connectivity index (χ1) is 10.3. The standard InChI is InChI=1S/C18H9BrOS/c19-13-6-3-5-10-11-8-9-15-16(18(11)20-17(10)13)12-4-1-2-7-14(12)21-15/h1-9H. The monoisotopic (exact) mass is 352 g/mol. The molecule has 0 N–H and O–H groups in total. The number of para-hydroxylation sites is 1. The summed E-state index contributed by atoms with van der Waals surface area (Å²) < 4.78 is 9.81. The van der Waals surface area contributed by atoms with E-state index >= 15 is 0 Å². The topological polar surface area (TPSA) is 13.1 Å². The number of furan rings is 1. The van der Waals surface area contributed by atoms with Gasteiger partial charge in [-0.1, -0.05) is 30.3 Å². The van der Waals surface area contributed by atoms with Crippen molar-refractivity contribution in [1.29, 1.82) is 0 Å². The Morgan fingerprint density at radius 2 is 1.52 bits per heavy atom. The first-order valence-corrected chi connectivity index (χ1v) is 8.35. The van der Waals surface area contributed by atoms with Gasteiger partial charge in [0.15, 0.2) is 0 Å². The molecule has 3 heteroatoms. The Kier molecular flexibility index (Phi) is 2.29. The van der Waals surface area contributed by atoms with Crippen molar-refractivity contribution in [2.24, 2.45) is 0 Å². The molecule has 1 nitrogen and oxygen atoms in total. The Labute approximate surface area is 132 Å². The van der Waals surface area contributed by atoms with Crippen molar-refractivity contribution >= 4 is 69.4 Å². The molecule has 21 heavy (non-hydrogen) atoms. The third-order valence-corrected chi connectivity index (χ3v) is 5.72. The Morgan fingerprint density at radius 1 is 0.714 bits per heavy atom. The van der Waals surface area contributed by atoms with E-state index in [1.54, 1.807) is 0 Å². The molecule has 0 saturated heterocycles. The Bertz CT molecular complexity index is 1150. The van der Waals surface area contributed by atoms with E-state index in [1.165, 1.54) is 25.6 Å². The van der Waals surface area contributed by atoms with Crippen LogP contribution in [0.3, 0.4) is 0 Å². The predicted molar refractivity (Wildman–Crippen MR) is 94.3 cm³/mol. The fraction of sp³-hybridized carbons (Fsp3) is 0. The van der Waals surface area contributed by atoms with Crippen molar-refractivity contribution < 1.29 is 4.42 Å². The summed E-state index contributed by atoms with van der Waals surface area (Å²) in [6.45, 7) is 0. The molecule has 0 aliphatic heterocycles. The first-order valence-electron chi connectivity index (χ1n) is 6.74. The summed E-state index contributed by atoms with van der Waals surface area (Å²) in [5.74, 6) is 0. The van der Waals surface area contributed by atoms with Crippen LogP contribution < -0.4 is 0 Å². The van der Waals surface area contributed by atoms with Crippen LogP contribution >= 0.6 is 27.3 Å². The van der Waals surface area contributed by atoms with Gasteiger partial charge in [-0.25, -0.2) is 0 Å². The van der Waals surface area contributed by atoms with Crippen LogP contribution in [-0.2, 0) is 0 Å². The van der Waals surface area contributed by atoms with Gasteiger partial charge in [-0.3, -0.25) is 0 Å². The minimum Gasteiger partial charge on any atom is -0.454 e. The molecule has 0 unspecified atom stereocenters. The summed E-state index contributed by atoms with van der Waals surface area (Å²) in [6.07, 6.45) is 0. The number of hydrogen-bond donors (Lipinski definition) is 0. The van der Waals surface area contributed by atoms with Gasteiger partial charge in [-0.2, -0.15) is 0 Å². The van der Waals surface area contributed by atoms with Gasteiger partial charge in [0.1, 0.15) is 11.2 Å². The predicted octanol–water partition coefficient (Wildman–Crippen LogP) is 6.72. The molecule has 0 aliphatic rings. The van der Waals surface area contributed by atoms with Crippen LogP contribution in [0.15, 0.2) is 63.5 Å². The molecule has 5 rings (SSSR count).